The maximum absolute atomic E-state index is 12.3. The van der Waals surface area contributed by atoms with Crippen LogP contribution in [0.15, 0.2) is 34.9 Å². The van der Waals surface area contributed by atoms with E-state index >= 15 is 0 Å². The molecule has 0 aliphatic carbocycles. The summed E-state index contributed by atoms with van der Waals surface area (Å²) < 4.78 is 5.45. The third kappa shape index (κ3) is 5.08. The zero-order valence-corrected chi connectivity index (χ0v) is 15.1. The number of carbonyl (C=O) groups excluding carboxylic acids is 1. The first-order valence-electron chi connectivity index (χ1n) is 8.03. The van der Waals surface area contributed by atoms with Crippen molar-refractivity contribution < 1.29 is 9.21 Å². The lowest BCUT2D eigenvalue weighted by Crippen LogP contribution is -2.52. The van der Waals surface area contributed by atoms with E-state index in [9.17, 15) is 4.79 Å². The summed E-state index contributed by atoms with van der Waals surface area (Å²) in [5.74, 6) is 0.806. The summed E-state index contributed by atoms with van der Waals surface area (Å²) in [6.07, 6.45) is 2.49. The molecule has 0 bridgehead atoms. The molecule has 0 saturated heterocycles. The highest BCUT2D eigenvalue weighted by atomic mass is 35.5. The van der Waals surface area contributed by atoms with Gasteiger partial charge >= 0.3 is 0 Å². The third-order valence-electron chi connectivity index (χ3n) is 3.74. The maximum Gasteiger partial charge on any atom is 0.226 e. The second-order valence-corrected chi connectivity index (χ2v) is 7.18. The van der Waals surface area contributed by atoms with Crippen LogP contribution in [0.5, 0.6) is 0 Å². The zero-order valence-electron chi connectivity index (χ0n) is 14.3. The van der Waals surface area contributed by atoms with E-state index in [0.717, 1.165) is 12.0 Å². The Labute approximate surface area is 147 Å². The van der Waals surface area contributed by atoms with Gasteiger partial charge in [-0.05, 0) is 43.5 Å². The van der Waals surface area contributed by atoms with Crippen molar-refractivity contribution in [1.82, 2.24) is 10.3 Å². The van der Waals surface area contributed by atoms with Crippen molar-refractivity contribution in [3.8, 4) is 11.5 Å². The fourth-order valence-electron chi connectivity index (χ4n) is 2.74. The summed E-state index contributed by atoms with van der Waals surface area (Å²) in [4.78, 5) is 16.7. The molecule has 0 spiro atoms. The Morgan fingerprint density at radius 3 is 2.62 bits per heavy atom. The summed E-state index contributed by atoms with van der Waals surface area (Å²) in [7, 11) is 0. The lowest BCUT2D eigenvalue weighted by molar-refractivity contribution is -0.122. The number of carbonyl (C=O) groups is 1. The van der Waals surface area contributed by atoms with Crippen LogP contribution in [0.1, 0.15) is 32.9 Å². The van der Waals surface area contributed by atoms with Crippen LogP contribution in [0.2, 0.25) is 5.02 Å². The fourth-order valence-corrected chi connectivity index (χ4v) is 2.87. The topological polar surface area (TPSA) is 81.1 Å². The Bertz CT molecular complexity index is 682. The summed E-state index contributed by atoms with van der Waals surface area (Å²) in [5, 5.41) is 3.67. The fraction of sp³-hybridized carbons (Fsp3) is 0.444. The van der Waals surface area contributed by atoms with E-state index in [-0.39, 0.29) is 12.3 Å². The molecule has 0 aliphatic rings. The Kier molecular flexibility index (Phi) is 6.02. The molecule has 1 unspecified atom stereocenters. The van der Waals surface area contributed by atoms with Crippen LogP contribution in [-0.4, -0.2) is 23.0 Å². The average Bonchev–Trinajstić information content (AvgIpc) is 2.95. The summed E-state index contributed by atoms with van der Waals surface area (Å²) >= 11 is 5.87. The molecule has 1 aromatic carbocycles. The van der Waals surface area contributed by atoms with Crippen LogP contribution >= 0.6 is 11.6 Å². The van der Waals surface area contributed by atoms with Crippen LogP contribution in [0.25, 0.3) is 11.5 Å². The van der Waals surface area contributed by atoms with E-state index in [1.165, 1.54) is 6.26 Å². The number of benzene rings is 1. The van der Waals surface area contributed by atoms with Gasteiger partial charge in [0.2, 0.25) is 11.8 Å². The molecule has 0 fully saturated rings. The van der Waals surface area contributed by atoms with Crippen molar-refractivity contribution in [2.75, 3.05) is 6.54 Å². The van der Waals surface area contributed by atoms with Crippen molar-refractivity contribution in [2.45, 2.75) is 39.2 Å². The van der Waals surface area contributed by atoms with Crippen molar-refractivity contribution in [2.24, 2.45) is 11.7 Å². The van der Waals surface area contributed by atoms with Crippen molar-refractivity contribution in [3.63, 3.8) is 0 Å². The molecule has 0 radical (unpaired) electrons. The van der Waals surface area contributed by atoms with E-state index in [2.05, 4.69) is 24.1 Å². The normalized spacial score (nSPS) is 13.8. The summed E-state index contributed by atoms with van der Waals surface area (Å²) in [6.45, 7) is 6.57. The molecule has 1 atom stereocenters. The Balaban J connectivity index is 2.01. The third-order valence-corrected chi connectivity index (χ3v) is 3.99. The molecule has 24 heavy (non-hydrogen) atoms. The molecule has 0 saturated carbocycles. The molecule has 3 N–H and O–H groups in total. The number of oxazole rings is 1. The van der Waals surface area contributed by atoms with Crippen molar-refractivity contribution >= 4 is 17.5 Å². The quantitative estimate of drug-likeness (QED) is 0.802. The number of rotatable bonds is 7. The molecule has 1 heterocycles. The first-order chi connectivity index (χ1) is 11.3. The molecule has 0 aliphatic heterocycles. The predicted molar refractivity (Wildman–Crippen MR) is 95.7 cm³/mol. The molecular formula is C18H24ClN3O2. The SMILES string of the molecule is CC(C)CC(C)(CN)NC(=O)Cc1coc(-c2ccc(Cl)cc2)n1. The van der Waals surface area contributed by atoms with E-state index in [1.54, 1.807) is 12.1 Å². The molecule has 5 nitrogen and oxygen atoms in total. The Hall–Kier alpha value is -1.85. The average molecular weight is 350 g/mol. The number of hydrogen-bond acceptors (Lipinski definition) is 4. The zero-order chi connectivity index (χ0) is 17.7. The van der Waals surface area contributed by atoms with Gasteiger partial charge in [0.25, 0.3) is 0 Å². The Morgan fingerprint density at radius 1 is 1.38 bits per heavy atom. The molecule has 2 rings (SSSR count). The number of aromatic nitrogens is 1. The van der Waals surface area contributed by atoms with Crippen LogP contribution < -0.4 is 11.1 Å². The van der Waals surface area contributed by atoms with E-state index in [1.807, 2.05) is 19.1 Å². The van der Waals surface area contributed by atoms with Gasteiger partial charge in [0, 0.05) is 22.7 Å². The second kappa shape index (κ2) is 7.81. The molecule has 6 heteroatoms. The van der Waals surface area contributed by atoms with Gasteiger partial charge in [-0.3, -0.25) is 4.79 Å². The van der Waals surface area contributed by atoms with Gasteiger partial charge < -0.3 is 15.5 Å². The van der Waals surface area contributed by atoms with Gasteiger partial charge in [0.1, 0.15) is 6.26 Å². The van der Waals surface area contributed by atoms with Gasteiger partial charge in [0.05, 0.1) is 12.1 Å². The van der Waals surface area contributed by atoms with Crippen LogP contribution in [0.4, 0.5) is 0 Å². The monoisotopic (exact) mass is 349 g/mol. The number of amides is 1. The van der Waals surface area contributed by atoms with Crippen molar-refractivity contribution in [3.05, 3.63) is 41.2 Å². The smallest absolute Gasteiger partial charge is 0.226 e. The lowest BCUT2D eigenvalue weighted by Gasteiger charge is -2.31. The minimum Gasteiger partial charge on any atom is -0.444 e. The first-order valence-corrected chi connectivity index (χ1v) is 8.40. The lowest BCUT2D eigenvalue weighted by atomic mass is 9.90. The predicted octanol–water partition coefficient (Wildman–Crippen LogP) is 3.42. The molecular weight excluding hydrogens is 326 g/mol. The van der Waals surface area contributed by atoms with Gasteiger partial charge in [-0.15, -0.1) is 0 Å². The molecule has 1 amide bonds. The Morgan fingerprint density at radius 2 is 2.04 bits per heavy atom. The molecule has 130 valence electrons. The highest BCUT2D eigenvalue weighted by Crippen LogP contribution is 2.21. The van der Waals surface area contributed by atoms with Gasteiger partial charge in [-0.2, -0.15) is 0 Å². The molecule has 2 aromatic rings. The van der Waals surface area contributed by atoms with E-state index < -0.39 is 5.54 Å². The molecule has 1 aromatic heterocycles. The summed E-state index contributed by atoms with van der Waals surface area (Å²) in [5.41, 5.74) is 6.82. The standard InChI is InChI=1S/C18H24ClN3O2/c1-12(2)9-18(3,11-20)22-16(23)8-15-10-24-17(21-15)13-4-6-14(19)7-5-13/h4-7,10,12H,8-9,11,20H2,1-3H3,(H,22,23). The van der Waals surface area contributed by atoms with E-state index in [0.29, 0.717) is 29.1 Å². The number of nitrogens with one attached hydrogen (secondary N) is 1. The summed E-state index contributed by atoms with van der Waals surface area (Å²) in [6, 6.07) is 7.19. The number of nitrogens with zero attached hydrogens (tertiary/aromatic N) is 1. The van der Waals surface area contributed by atoms with E-state index in [4.69, 9.17) is 21.8 Å². The van der Waals surface area contributed by atoms with Gasteiger partial charge in [-0.1, -0.05) is 25.4 Å². The minimum atomic E-state index is -0.409. The second-order valence-electron chi connectivity index (χ2n) is 6.74. The maximum atomic E-state index is 12.3. The largest absolute Gasteiger partial charge is 0.444 e. The number of halogens is 1. The highest BCUT2D eigenvalue weighted by molar-refractivity contribution is 6.30. The number of nitrogens with two attached hydrogens (primary N) is 1. The van der Waals surface area contributed by atoms with Gasteiger partial charge in [-0.25, -0.2) is 4.98 Å². The van der Waals surface area contributed by atoms with Crippen LogP contribution in [0.3, 0.4) is 0 Å². The van der Waals surface area contributed by atoms with Crippen LogP contribution in [-0.2, 0) is 11.2 Å². The van der Waals surface area contributed by atoms with Crippen molar-refractivity contribution in [1.29, 1.82) is 0 Å². The first kappa shape index (κ1) is 18.5. The number of hydrogen-bond donors (Lipinski definition) is 2. The minimum absolute atomic E-state index is 0.112. The van der Waals surface area contributed by atoms with Gasteiger partial charge in [0.15, 0.2) is 0 Å². The van der Waals surface area contributed by atoms with Crippen LogP contribution in [0, 0.1) is 5.92 Å². The highest BCUT2D eigenvalue weighted by Gasteiger charge is 2.26.